The van der Waals surface area contributed by atoms with Gasteiger partial charge in [0.25, 0.3) is 0 Å². The van der Waals surface area contributed by atoms with Gasteiger partial charge in [0.2, 0.25) is 5.91 Å². The highest BCUT2D eigenvalue weighted by atomic mass is 16.4. The molecule has 2 fully saturated rings. The number of nitrogens with one attached hydrogen (secondary N) is 2. The number of carboxylic acid groups (broad SMARTS) is 1. The van der Waals surface area contributed by atoms with Gasteiger partial charge in [0.15, 0.2) is 0 Å². The molecule has 0 aromatic rings. The van der Waals surface area contributed by atoms with E-state index in [4.69, 9.17) is 0 Å². The average Bonchev–Trinajstić information content (AvgIpc) is 2.75. The molecule has 1 saturated heterocycles. The number of hydrogen-bond acceptors (Lipinski definition) is 3. The van der Waals surface area contributed by atoms with Crippen LogP contribution >= 0.6 is 0 Å². The van der Waals surface area contributed by atoms with Crippen molar-refractivity contribution in [3.8, 4) is 0 Å². The lowest BCUT2D eigenvalue weighted by Gasteiger charge is -2.38. The van der Waals surface area contributed by atoms with E-state index >= 15 is 0 Å². The number of amides is 1. The molecule has 0 radical (unpaired) electrons. The maximum Gasteiger partial charge on any atom is 0.329 e. The predicted octanol–water partition coefficient (Wildman–Crippen LogP) is 1.13. The van der Waals surface area contributed by atoms with E-state index in [1.165, 1.54) is 0 Å². The first kappa shape index (κ1) is 14.3. The molecule has 0 aromatic carbocycles. The summed E-state index contributed by atoms with van der Waals surface area (Å²) in [4.78, 5) is 23.9. The smallest absolute Gasteiger partial charge is 0.329 e. The summed E-state index contributed by atoms with van der Waals surface area (Å²) in [6.45, 7) is 4.87. The van der Waals surface area contributed by atoms with Crippen LogP contribution in [0, 0.1) is 11.8 Å². The zero-order valence-electron chi connectivity index (χ0n) is 11.7. The Morgan fingerprint density at radius 1 is 1.32 bits per heavy atom. The highest BCUT2D eigenvalue weighted by Crippen LogP contribution is 2.33. The van der Waals surface area contributed by atoms with E-state index in [-0.39, 0.29) is 17.9 Å². The van der Waals surface area contributed by atoms with Gasteiger partial charge in [0.05, 0.1) is 5.92 Å². The van der Waals surface area contributed by atoms with Crippen molar-refractivity contribution in [1.29, 1.82) is 0 Å². The summed E-state index contributed by atoms with van der Waals surface area (Å²) in [6.07, 6.45) is 3.80. The number of rotatable bonds is 3. The molecule has 1 saturated carbocycles. The van der Waals surface area contributed by atoms with Gasteiger partial charge in [-0.3, -0.25) is 4.79 Å². The van der Waals surface area contributed by atoms with E-state index in [0.29, 0.717) is 18.8 Å². The molecule has 3 N–H and O–H groups in total. The summed E-state index contributed by atoms with van der Waals surface area (Å²) in [6, 6.07) is 0.131. The molecule has 19 heavy (non-hydrogen) atoms. The van der Waals surface area contributed by atoms with E-state index in [1.807, 2.05) is 6.92 Å². The Kier molecular flexibility index (Phi) is 4.13. The average molecular weight is 268 g/mol. The van der Waals surface area contributed by atoms with Crippen LogP contribution in [-0.4, -0.2) is 35.1 Å². The van der Waals surface area contributed by atoms with Crippen molar-refractivity contribution >= 4 is 11.9 Å². The maximum absolute atomic E-state index is 12.3. The van der Waals surface area contributed by atoms with Crippen LogP contribution in [0.5, 0.6) is 0 Å². The van der Waals surface area contributed by atoms with E-state index in [2.05, 4.69) is 17.6 Å². The molecule has 2 rings (SSSR count). The van der Waals surface area contributed by atoms with E-state index in [9.17, 15) is 14.7 Å². The van der Waals surface area contributed by atoms with Crippen LogP contribution in [-0.2, 0) is 9.59 Å². The lowest BCUT2D eigenvalue weighted by atomic mass is 9.76. The van der Waals surface area contributed by atoms with Gasteiger partial charge in [-0.15, -0.1) is 0 Å². The van der Waals surface area contributed by atoms with Crippen LogP contribution in [0.15, 0.2) is 0 Å². The third-order valence-corrected chi connectivity index (χ3v) is 4.63. The van der Waals surface area contributed by atoms with Crippen LogP contribution in [0.3, 0.4) is 0 Å². The Hall–Kier alpha value is -1.10. The van der Waals surface area contributed by atoms with Crippen LogP contribution < -0.4 is 10.6 Å². The molecule has 5 heteroatoms. The maximum atomic E-state index is 12.3. The highest BCUT2D eigenvalue weighted by Gasteiger charge is 2.45. The number of aliphatic carboxylic acids is 1. The molecule has 1 heterocycles. The molecule has 2 aliphatic rings. The minimum absolute atomic E-state index is 0.103. The first-order valence-corrected chi connectivity index (χ1v) is 7.23. The minimum Gasteiger partial charge on any atom is -0.480 e. The molecule has 0 spiro atoms. The fourth-order valence-corrected chi connectivity index (χ4v) is 3.46. The summed E-state index contributed by atoms with van der Waals surface area (Å²) in [7, 11) is 0. The van der Waals surface area contributed by atoms with Gasteiger partial charge in [-0.25, -0.2) is 4.79 Å². The molecule has 4 atom stereocenters. The molecular formula is C14H24N2O3. The van der Waals surface area contributed by atoms with Crippen molar-refractivity contribution < 1.29 is 14.7 Å². The highest BCUT2D eigenvalue weighted by molar-refractivity contribution is 5.88. The molecule has 0 bridgehead atoms. The Labute approximate surface area is 114 Å². The summed E-state index contributed by atoms with van der Waals surface area (Å²) < 4.78 is 0. The van der Waals surface area contributed by atoms with E-state index in [0.717, 1.165) is 25.8 Å². The summed E-state index contributed by atoms with van der Waals surface area (Å²) in [5, 5.41) is 15.6. The Balaban J connectivity index is 2.08. The van der Waals surface area contributed by atoms with Crippen molar-refractivity contribution in [2.45, 2.75) is 57.5 Å². The summed E-state index contributed by atoms with van der Waals surface area (Å²) in [5.74, 6) is -0.738. The lowest BCUT2D eigenvalue weighted by molar-refractivity contribution is -0.150. The van der Waals surface area contributed by atoms with Crippen LogP contribution in [0.25, 0.3) is 0 Å². The Morgan fingerprint density at radius 3 is 2.58 bits per heavy atom. The van der Waals surface area contributed by atoms with Crippen LogP contribution in [0.2, 0.25) is 0 Å². The van der Waals surface area contributed by atoms with Gasteiger partial charge in [0.1, 0.15) is 5.54 Å². The minimum atomic E-state index is -1.04. The topological polar surface area (TPSA) is 78.4 Å². The number of hydrogen-bond donors (Lipinski definition) is 3. The summed E-state index contributed by atoms with van der Waals surface area (Å²) in [5.41, 5.74) is -1.04. The van der Waals surface area contributed by atoms with E-state index < -0.39 is 11.5 Å². The largest absolute Gasteiger partial charge is 0.480 e. The molecule has 0 aromatic heterocycles. The molecule has 4 unspecified atom stereocenters. The standard InChI is InChI=1S/C14H24N2O3/c1-9-4-3-6-14(8-9,13(18)19)16-12(17)11-5-7-15-10(11)2/h9-11,15H,3-8H2,1-2H3,(H,16,17)(H,18,19). The molecular weight excluding hydrogens is 244 g/mol. The third-order valence-electron chi connectivity index (χ3n) is 4.63. The normalized spacial score (nSPS) is 38.9. The van der Waals surface area contributed by atoms with Crippen molar-refractivity contribution in [2.75, 3.05) is 6.54 Å². The monoisotopic (exact) mass is 268 g/mol. The van der Waals surface area contributed by atoms with Gasteiger partial charge in [-0.05, 0) is 38.6 Å². The van der Waals surface area contributed by atoms with Crippen molar-refractivity contribution in [3.63, 3.8) is 0 Å². The quantitative estimate of drug-likeness (QED) is 0.717. The number of carbonyl (C=O) groups excluding carboxylic acids is 1. The lowest BCUT2D eigenvalue weighted by Crippen LogP contribution is -2.58. The van der Waals surface area contributed by atoms with Gasteiger partial charge in [-0.1, -0.05) is 19.8 Å². The van der Waals surface area contributed by atoms with E-state index in [1.54, 1.807) is 0 Å². The predicted molar refractivity (Wildman–Crippen MR) is 71.7 cm³/mol. The third kappa shape index (κ3) is 2.91. The Bertz CT molecular complexity index is 372. The second-order valence-electron chi connectivity index (χ2n) is 6.22. The Morgan fingerprint density at radius 2 is 2.05 bits per heavy atom. The molecule has 1 amide bonds. The van der Waals surface area contributed by atoms with Crippen LogP contribution in [0.4, 0.5) is 0 Å². The van der Waals surface area contributed by atoms with Crippen molar-refractivity contribution in [2.24, 2.45) is 11.8 Å². The second-order valence-corrected chi connectivity index (χ2v) is 6.22. The number of carbonyl (C=O) groups is 2. The fourth-order valence-electron chi connectivity index (χ4n) is 3.46. The molecule has 1 aliphatic carbocycles. The molecule has 1 aliphatic heterocycles. The zero-order valence-corrected chi connectivity index (χ0v) is 11.7. The van der Waals surface area contributed by atoms with Crippen molar-refractivity contribution in [3.05, 3.63) is 0 Å². The number of carboxylic acids is 1. The summed E-state index contributed by atoms with van der Waals surface area (Å²) >= 11 is 0. The van der Waals surface area contributed by atoms with Gasteiger partial charge < -0.3 is 15.7 Å². The SMILES string of the molecule is CC1CCCC(NC(=O)C2CCNC2C)(C(=O)O)C1. The second kappa shape index (κ2) is 5.49. The van der Waals surface area contributed by atoms with Gasteiger partial charge in [0, 0.05) is 6.04 Å². The van der Waals surface area contributed by atoms with Gasteiger partial charge >= 0.3 is 5.97 Å². The fraction of sp³-hybridized carbons (Fsp3) is 0.857. The first-order valence-electron chi connectivity index (χ1n) is 7.23. The van der Waals surface area contributed by atoms with Gasteiger partial charge in [-0.2, -0.15) is 0 Å². The molecule has 108 valence electrons. The first-order chi connectivity index (χ1) is 8.94. The van der Waals surface area contributed by atoms with Crippen molar-refractivity contribution in [1.82, 2.24) is 10.6 Å². The zero-order chi connectivity index (χ0) is 14.0. The molecule has 5 nitrogen and oxygen atoms in total. The van der Waals surface area contributed by atoms with Crippen LogP contribution in [0.1, 0.15) is 46.0 Å².